The van der Waals surface area contributed by atoms with Crippen molar-refractivity contribution in [3.05, 3.63) is 34.3 Å². The van der Waals surface area contributed by atoms with Crippen molar-refractivity contribution in [3.8, 4) is 0 Å². The van der Waals surface area contributed by atoms with Gasteiger partial charge in [0.25, 0.3) is 0 Å². The SMILES string of the molecule is IC1=C(I)C(I)=C1I.[C-]#[O+].[C-]#[O+].[C-]#[O+].[Fe]. The molecule has 1 rings (SSSR count). The molecule has 0 aromatic heterocycles. The number of allylic oxidation sites excluding steroid dienone is 4. The summed E-state index contributed by atoms with van der Waals surface area (Å²) in [6, 6.07) is 0. The summed E-state index contributed by atoms with van der Waals surface area (Å²) in [6.45, 7) is 13.5. The fraction of sp³-hybridized carbons (Fsp3) is 0. The Hall–Kier alpha value is 2.14. The molecule has 0 amide bonds. The van der Waals surface area contributed by atoms with Crippen LogP contribution in [0.1, 0.15) is 0 Å². The molecule has 82 valence electrons. The van der Waals surface area contributed by atoms with Crippen LogP contribution in [0, 0.1) is 20.0 Å². The summed E-state index contributed by atoms with van der Waals surface area (Å²) in [4.78, 5) is 0. The molecule has 0 atom stereocenters. The first kappa shape index (κ1) is 25.9. The monoisotopic (exact) mass is 696 g/mol. The van der Waals surface area contributed by atoms with Gasteiger partial charge in [-0.15, -0.1) is 0 Å². The molecule has 0 aliphatic heterocycles. The molecule has 0 bridgehead atoms. The normalized spacial score (nSPS) is 10.8. The van der Waals surface area contributed by atoms with Gasteiger partial charge in [0.1, 0.15) is 0 Å². The van der Waals surface area contributed by atoms with E-state index >= 15 is 0 Å². The Morgan fingerprint density at radius 2 is 0.600 bits per heavy atom. The topological polar surface area (TPSA) is 59.7 Å². The predicted molar refractivity (Wildman–Crippen MR) is 81.9 cm³/mol. The fourth-order valence-electron chi connectivity index (χ4n) is 0.323. The molecule has 0 radical (unpaired) electrons. The van der Waals surface area contributed by atoms with Gasteiger partial charge in [-0.05, 0) is 90.4 Å². The van der Waals surface area contributed by atoms with Crippen molar-refractivity contribution in [2.24, 2.45) is 0 Å². The summed E-state index contributed by atoms with van der Waals surface area (Å²) in [7, 11) is 0. The van der Waals surface area contributed by atoms with E-state index in [0.29, 0.717) is 0 Å². The van der Waals surface area contributed by atoms with Crippen LogP contribution in [0.5, 0.6) is 0 Å². The van der Waals surface area contributed by atoms with Gasteiger partial charge in [0.2, 0.25) is 0 Å². The van der Waals surface area contributed by atoms with Crippen molar-refractivity contribution in [1.82, 2.24) is 0 Å². The Morgan fingerprint density at radius 1 is 0.533 bits per heavy atom. The third kappa shape index (κ3) is 9.81. The van der Waals surface area contributed by atoms with E-state index in [0.717, 1.165) is 0 Å². The van der Waals surface area contributed by atoms with Crippen LogP contribution in [0.3, 0.4) is 0 Å². The molecule has 1 aliphatic carbocycles. The number of hydrogen-bond acceptors (Lipinski definition) is 0. The molecule has 0 unspecified atom stereocenters. The van der Waals surface area contributed by atoms with Crippen LogP contribution in [0.2, 0.25) is 0 Å². The summed E-state index contributed by atoms with van der Waals surface area (Å²) in [5.74, 6) is 0. The molecule has 0 saturated carbocycles. The van der Waals surface area contributed by atoms with E-state index in [4.69, 9.17) is 14.0 Å². The molecular weight excluding hydrogens is 696 g/mol. The van der Waals surface area contributed by atoms with Crippen molar-refractivity contribution < 1.29 is 31.0 Å². The molecule has 0 fully saturated rings. The summed E-state index contributed by atoms with van der Waals surface area (Å²) in [6.07, 6.45) is 0. The Kier molecular flexibility index (Phi) is 31.9. The maximum atomic E-state index is 7.50. The van der Waals surface area contributed by atoms with Crippen LogP contribution in [0.25, 0.3) is 0 Å². The largest absolute Gasteiger partial charge is 0 e. The molecule has 0 N–H and O–H groups in total. The zero-order chi connectivity index (χ0) is 12.3. The molecule has 15 heavy (non-hydrogen) atoms. The number of halogens is 4. The third-order valence-corrected chi connectivity index (χ3v) is 9.21. The maximum absolute atomic E-state index is 7.50. The Balaban J connectivity index is -0.0000000755. The van der Waals surface area contributed by atoms with E-state index in [1.807, 2.05) is 0 Å². The van der Waals surface area contributed by atoms with Crippen molar-refractivity contribution in [3.63, 3.8) is 0 Å². The van der Waals surface area contributed by atoms with E-state index in [1.165, 1.54) is 14.3 Å². The van der Waals surface area contributed by atoms with Crippen LogP contribution in [0.15, 0.2) is 14.3 Å². The Bertz CT molecular complexity index is 236. The molecule has 0 saturated heterocycles. The molecule has 1 aliphatic rings. The van der Waals surface area contributed by atoms with E-state index < -0.39 is 0 Å². The van der Waals surface area contributed by atoms with Gasteiger partial charge in [-0.1, -0.05) is 0 Å². The minimum Gasteiger partial charge on any atom is 0 e. The summed E-state index contributed by atoms with van der Waals surface area (Å²) >= 11 is 9.45. The average Bonchev–Trinajstić information content (AvgIpc) is 2.34. The average molecular weight is 696 g/mol. The molecule has 0 aromatic carbocycles. The Labute approximate surface area is 153 Å². The van der Waals surface area contributed by atoms with E-state index in [1.54, 1.807) is 0 Å². The third-order valence-electron chi connectivity index (χ3n) is 0.771. The minimum absolute atomic E-state index is 0. The molecular formula is C7FeI4O3. The zero-order valence-electron chi connectivity index (χ0n) is 6.59. The van der Waals surface area contributed by atoms with Crippen molar-refractivity contribution in [2.75, 3.05) is 0 Å². The van der Waals surface area contributed by atoms with E-state index in [-0.39, 0.29) is 17.1 Å². The first-order valence-electron chi connectivity index (χ1n) is 2.37. The van der Waals surface area contributed by atoms with Crippen LogP contribution >= 0.6 is 90.4 Å². The van der Waals surface area contributed by atoms with Gasteiger partial charge in [0, 0.05) is 31.4 Å². The molecule has 0 spiro atoms. The first-order valence-corrected chi connectivity index (χ1v) is 6.68. The summed E-state index contributed by atoms with van der Waals surface area (Å²) in [5, 5.41) is 0. The van der Waals surface area contributed by atoms with Crippen LogP contribution < -0.4 is 0 Å². The van der Waals surface area contributed by atoms with Crippen molar-refractivity contribution in [1.29, 1.82) is 0 Å². The molecule has 0 heterocycles. The van der Waals surface area contributed by atoms with Crippen molar-refractivity contribution >= 4 is 90.4 Å². The maximum Gasteiger partial charge on any atom is 0 e. The Morgan fingerprint density at radius 3 is 0.667 bits per heavy atom. The van der Waals surface area contributed by atoms with Gasteiger partial charge in [-0.2, -0.15) is 0 Å². The molecule has 0 aromatic rings. The fourth-order valence-corrected chi connectivity index (χ4v) is 4.54. The smallest absolute Gasteiger partial charge is 0 e. The van der Waals surface area contributed by atoms with Gasteiger partial charge in [0.05, 0.1) is 0 Å². The quantitative estimate of drug-likeness (QED) is 0.159. The van der Waals surface area contributed by atoms with Gasteiger partial charge in [-0.3, -0.25) is 0 Å². The zero-order valence-corrected chi connectivity index (χ0v) is 16.3. The summed E-state index contributed by atoms with van der Waals surface area (Å²) in [5.41, 5.74) is 0. The van der Waals surface area contributed by atoms with E-state index in [2.05, 4.69) is 110 Å². The van der Waals surface area contributed by atoms with Gasteiger partial charge < -0.3 is 0 Å². The number of rotatable bonds is 0. The van der Waals surface area contributed by atoms with Gasteiger partial charge >= 0.3 is 33.9 Å². The number of hydrogen-bond donors (Lipinski definition) is 0. The second-order valence-corrected chi connectivity index (χ2v) is 5.57. The van der Waals surface area contributed by atoms with Crippen LogP contribution in [-0.4, -0.2) is 0 Å². The van der Waals surface area contributed by atoms with Gasteiger partial charge in [-0.25, -0.2) is 0 Å². The van der Waals surface area contributed by atoms with E-state index in [9.17, 15) is 0 Å². The minimum atomic E-state index is 0. The van der Waals surface area contributed by atoms with Crippen LogP contribution in [0.4, 0.5) is 0 Å². The van der Waals surface area contributed by atoms with Gasteiger partial charge in [0.15, 0.2) is 0 Å². The molecule has 3 nitrogen and oxygen atoms in total. The second-order valence-electron chi connectivity index (χ2n) is 1.26. The van der Waals surface area contributed by atoms with Crippen LogP contribution in [-0.2, 0) is 31.0 Å². The van der Waals surface area contributed by atoms with Crippen molar-refractivity contribution in [2.45, 2.75) is 0 Å². The standard InChI is InChI=1S/C4I4.3CO.Fe/c5-1-2(6)4(8)3(1)7;3*1-2;. The predicted octanol–water partition coefficient (Wildman–Crippen LogP) is 4.05. The second kappa shape index (κ2) is 18.5. The molecule has 8 heteroatoms. The first-order chi connectivity index (χ1) is 6.64. The summed E-state index contributed by atoms with van der Waals surface area (Å²) < 4.78 is 28.2.